The Morgan fingerprint density at radius 2 is 1.49 bits per heavy atom. The molecular weight excluding hydrogens is 544 g/mol. The number of fused-ring (bicyclic) bond motifs is 7. The highest BCUT2D eigenvalue weighted by Crippen LogP contribution is 2.74. The Labute approximate surface area is 257 Å². The second-order valence-electron chi connectivity index (χ2n) is 14.9. The van der Waals surface area contributed by atoms with Crippen LogP contribution in [-0.4, -0.2) is 31.3 Å². The second kappa shape index (κ2) is 10.7. The molecule has 1 aromatic rings. The van der Waals surface area contributed by atoms with Crippen molar-refractivity contribution in [2.24, 2.45) is 27.6 Å². The Morgan fingerprint density at radius 1 is 0.860 bits per heavy atom. The van der Waals surface area contributed by atoms with Gasteiger partial charge in [0.1, 0.15) is 5.78 Å². The van der Waals surface area contributed by atoms with Gasteiger partial charge in [-0.15, -0.1) is 0 Å². The van der Waals surface area contributed by atoms with Crippen molar-refractivity contribution < 1.29 is 33.3 Å². The van der Waals surface area contributed by atoms with Gasteiger partial charge in [0, 0.05) is 10.8 Å². The largest absolute Gasteiger partial charge is 0.513 e. The van der Waals surface area contributed by atoms with Gasteiger partial charge in [0.25, 0.3) is 0 Å². The van der Waals surface area contributed by atoms with Crippen molar-refractivity contribution in [1.82, 2.24) is 0 Å². The SMILES string of the molecule is CCOC(=O)Oc1cc2c(c(C)c1OC(=O)OCC)CC=C1[C@@]2(C)CC[C@@]2(C)[C@@H]3C[C@](C)(C(C)=O)CC[C@]3(C)CC[C@]12C. The molecule has 0 aromatic heterocycles. The van der Waals surface area contributed by atoms with Crippen LogP contribution in [0.3, 0.4) is 0 Å². The van der Waals surface area contributed by atoms with Gasteiger partial charge in [-0.3, -0.25) is 4.79 Å². The molecule has 236 valence electrons. The predicted molar refractivity (Wildman–Crippen MR) is 165 cm³/mol. The van der Waals surface area contributed by atoms with Gasteiger partial charge in [-0.25, -0.2) is 9.59 Å². The predicted octanol–water partition coefficient (Wildman–Crippen LogP) is 8.81. The van der Waals surface area contributed by atoms with E-state index in [0.29, 0.717) is 18.1 Å². The summed E-state index contributed by atoms with van der Waals surface area (Å²) in [4.78, 5) is 37.8. The van der Waals surface area contributed by atoms with Crippen LogP contribution < -0.4 is 9.47 Å². The summed E-state index contributed by atoms with van der Waals surface area (Å²) in [7, 11) is 0. The van der Waals surface area contributed by atoms with Gasteiger partial charge in [0.05, 0.1) is 13.2 Å². The molecule has 0 heterocycles. The van der Waals surface area contributed by atoms with Gasteiger partial charge in [-0.1, -0.05) is 46.3 Å². The minimum absolute atomic E-state index is 0.0479. The van der Waals surface area contributed by atoms with E-state index in [-0.39, 0.29) is 51.8 Å². The average molecular weight is 595 g/mol. The minimum atomic E-state index is -0.840. The van der Waals surface area contributed by atoms with Crippen molar-refractivity contribution in [2.75, 3.05) is 13.2 Å². The van der Waals surface area contributed by atoms with Crippen LogP contribution >= 0.6 is 0 Å². The van der Waals surface area contributed by atoms with E-state index in [1.165, 1.54) is 5.57 Å². The molecule has 5 rings (SSSR count). The van der Waals surface area contributed by atoms with Crippen LogP contribution in [0.2, 0.25) is 0 Å². The second-order valence-corrected chi connectivity index (χ2v) is 14.9. The summed E-state index contributed by atoms with van der Waals surface area (Å²) >= 11 is 0. The van der Waals surface area contributed by atoms with Gasteiger partial charge in [-0.2, -0.15) is 0 Å². The van der Waals surface area contributed by atoms with Crippen LogP contribution in [0.4, 0.5) is 9.59 Å². The van der Waals surface area contributed by atoms with E-state index >= 15 is 0 Å². The van der Waals surface area contributed by atoms with Crippen molar-refractivity contribution in [3.63, 3.8) is 0 Å². The van der Waals surface area contributed by atoms with E-state index in [1.807, 2.05) is 13.0 Å². The van der Waals surface area contributed by atoms with Gasteiger partial charge < -0.3 is 18.9 Å². The highest BCUT2D eigenvalue weighted by atomic mass is 16.7. The first kappa shape index (κ1) is 31.6. The first-order valence-corrected chi connectivity index (χ1v) is 16.2. The number of hydrogen-bond acceptors (Lipinski definition) is 7. The Balaban J connectivity index is 1.60. The number of carbonyl (C=O) groups is 3. The van der Waals surface area contributed by atoms with Crippen LogP contribution in [-0.2, 0) is 26.1 Å². The minimum Gasteiger partial charge on any atom is -0.434 e. The first-order valence-electron chi connectivity index (χ1n) is 16.2. The van der Waals surface area contributed by atoms with Crippen molar-refractivity contribution in [2.45, 2.75) is 119 Å². The summed E-state index contributed by atoms with van der Waals surface area (Å²) in [6.45, 7) is 19.4. The number of rotatable bonds is 5. The van der Waals surface area contributed by atoms with Gasteiger partial charge in [-0.05, 0) is 124 Å². The molecule has 4 aliphatic rings. The molecule has 0 aliphatic heterocycles. The topological polar surface area (TPSA) is 88.1 Å². The molecule has 4 aliphatic carbocycles. The van der Waals surface area contributed by atoms with E-state index < -0.39 is 12.3 Å². The Bertz CT molecular complexity index is 1380. The van der Waals surface area contributed by atoms with Gasteiger partial charge in [0.2, 0.25) is 0 Å². The molecule has 7 heteroatoms. The van der Waals surface area contributed by atoms with Crippen molar-refractivity contribution in [3.8, 4) is 11.5 Å². The number of ketones is 1. The monoisotopic (exact) mass is 594 g/mol. The lowest BCUT2D eigenvalue weighted by Crippen LogP contribution is -2.62. The van der Waals surface area contributed by atoms with Crippen LogP contribution in [0.15, 0.2) is 17.7 Å². The fraction of sp³-hybridized carbons (Fsp3) is 0.694. The van der Waals surface area contributed by atoms with Crippen molar-refractivity contribution in [3.05, 3.63) is 34.4 Å². The van der Waals surface area contributed by atoms with Crippen molar-refractivity contribution >= 4 is 18.1 Å². The molecule has 3 fully saturated rings. The number of benzene rings is 1. The molecule has 1 aromatic carbocycles. The van der Waals surface area contributed by atoms with E-state index in [9.17, 15) is 14.4 Å². The smallest absolute Gasteiger partial charge is 0.434 e. The summed E-state index contributed by atoms with van der Waals surface area (Å²) < 4.78 is 21.4. The van der Waals surface area contributed by atoms with E-state index in [2.05, 4.69) is 40.7 Å². The summed E-state index contributed by atoms with van der Waals surface area (Å²) in [5.41, 5.74) is 4.13. The Kier molecular flexibility index (Phi) is 7.83. The molecule has 7 nitrogen and oxygen atoms in total. The maximum atomic E-state index is 12.9. The van der Waals surface area contributed by atoms with Crippen LogP contribution in [0, 0.1) is 34.5 Å². The molecule has 43 heavy (non-hydrogen) atoms. The summed E-state index contributed by atoms with van der Waals surface area (Å²) in [5, 5.41) is 0. The molecule has 0 amide bonds. The lowest BCUT2D eigenvalue weighted by molar-refractivity contribution is -0.165. The Morgan fingerprint density at radius 3 is 2.12 bits per heavy atom. The number of ether oxygens (including phenoxy) is 4. The maximum absolute atomic E-state index is 12.9. The van der Waals surface area contributed by atoms with E-state index in [4.69, 9.17) is 18.9 Å². The van der Waals surface area contributed by atoms with Crippen LogP contribution in [0.5, 0.6) is 11.5 Å². The summed E-state index contributed by atoms with van der Waals surface area (Å²) in [5.74, 6) is 1.14. The molecule has 0 bridgehead atoms. The number of carbonyl (C=O) groups excluding carboxylic acids is 3. The number of Topliss-reactive ketones (excluding diaryl/α,β-unsaturated/α-hetero) is 1. The normalized spacial score (nSPS) is 36.1. The van der Waals surface area contributed by atoms with Crippen molar-refractivity contribution in [1.29, 1.82) is 0 Å². The van der Waals surface area contributed by atoms with Gasteiger partial charge >= 0.3 is 12.3 Å². The molecule has 6 atom stereocenters. The fourth-order valence-electron chi connectivity index (χ4n) is 9.67. The van der Waals surface area contributed by atoms with Crippen LogP contribution in [0.1, 0.15) is 117 Å². The lowest BCUT2D eigenvalue weighted by Gasteiger charge is -2.70. The highest BCUT2D eigenvalue weighted by Gasteiger charge is 2.66. The zero-order chi connectivity index (χ0) is 31.6. The van der Waals surface area contributed by atoms with Gasteiger partial charge in [0.15, 0.2) is 11.5 Å². The third-order valence-corrected chi connectivity index (χ3v) is 12.8. The molecule has 0 N–H and O–H groups in total. The van der Waals surface area contributed by atoms with E-state index in [1.54, 1.807) is 20.8 Å². The fourth-order valence-corrected chi connectivity index (χ4v) is 9.67. The number of hydrogen-bond donors (Lipinski definition) is 0. The third-order valence-electron chi connectivity index (χ3n) is 12.8. The molecule has 0 spiro atoms. The van der Waals surface area contributed by atoms with E-state index in [0.717, 1.165) is 61.6 Å². The maximum Gasteiger partial charge on any atom is 0.513 e. The zero-order valence-corrected chi connectivity index (χ0v) is 27.7. The third kappa shape index (κ3) is 4.71. The summed E-state index contributed by atoms with van der Waals surface area (Å²) in [6, 6.07) is 1.90. The standard InChI is InChI=1S/C36H50O7/c1-10-40-30(38)42-26-20-25-24(22(3)29(26)43-31(39)41-11-2)12-13-27-34(25,7)17-19-36(9)28-21-33(6,23(4)37)15-14-32(28,5)16-18-35(27,36)8/h13,20,28H,10-12,14-19,21H2,1-9H3/t28-,32-,33-,34+,35-,36+/m1/s1. The average Bonchev–Trinajstić information content (AvgIpc) is 2.94. The molecular formula is C36H50O7. The highest BCUT2D eigenvalue weighted by molar-refractivity contribution is 5.82. The number of allylic oxidation sites excluding steroid dienone is 2. The molecule has 3 saturated carbocycles. The quantitative estimate of drug-likeness (QED) is 0.191. The molecule has 0 unspecified atom stereocenters. The lowest BCUT2D eigenvalue weighted by atomic mass is 9.34. The summed E-state index contributed by atoms with van der Waals surface area (Å²) in [6.07, 6.45) is 8.74. The first-order chi connectivity index (χ1) is 20.1. The zero-order valence-electron chi connectivity index (χ0n) is 27.7. The Hall–Kier alpha value is -2.83. The molecule has 0 radical (unpaired) electrons. The van der Waals surface area contributed by atoms with Crippen LogP contribution in [0.25, 0.3) is 0 Å². The molecule has 0 saturated heterocycles.